The first-order valence-electron chi connectivity index (χ1n) is 22.2. The molecule has 3 heterocycles. The predicted molar refractivity (Wildman–Crippen MR) is 271 cm³/mol. The topological polar surface area (TPSA) is 22.2 Å². The van der Waals surface area contributed by atoms with Gasteiger partial charge in [-0.1, -0.05) is 176 Å². The molecule has 0 atom stereocenters. The Hall–Kier alpha value is -8.27. The van der Waals surface area contributed by atoms with Gasteiger partial charge in [-0.25, -0.2) is 4.99 Å². The first-order chi connectivity index (χ1) is 31.7. The van der Waals surface area contributed by atoms with Crippen molar-refractivity contribution in [3.63, 3.8) is 0 Å². The molecule has 0 spiro atoms. The van der Waals surface area contributed by atoms with Gasteiger partial charge in [-0.2, -0.15) is 0 Å². The lowest BCUT2D eigenvalue weighted by molar-refractivity contribution is 1.06. The summed E-state index contributed by atoms with van der Waals surface area (Å²) in [6, 6.07) is 81.2. The fraction of sp³-hybridized carbons (Fsp3) is 0.0328. The van der Waals surface area contributed by atoms with Gasteiger partial charge in [0.15, 0.2) is 0 Å². The number of hydrogen-bond acceptors (Lipinski definition) is 1. The fourth-order valence-corrected chi connectivity index (χ4v) is 9.82. The van der Waals surface area contributed by atoms with Crippen molar-refractivity contribution in [3.8, 4) is 33.6 Å². The number of aliphatic imine (C=N–C) groups is 1. The van der Waals surface area contributed by atoms with E-state index >= 15 is 0 Å². The second kappa shape index (κ2) is 15.9. The smallest absolute Gasteiger partial charge is 0.0712 e. The van der Waals surface area contributed by atoms with Crippen molar-refractivity contribution in [3.05, 3.63) is 253 Å². The first kappa shape index (κ1) is 37.5. The van der Waals surface area contributed by atoms with Crippen LogP contribution in [0.25, 0.3) is 88.5 Å². The SMILES string of the molecule is C1=C(c2cccc(-c3cccc4c3c3ccc(-c5ccc6c7ccccc7n(-c7ccccc7)c6c5)cc3n4-c3ccccc3)c2)N=C(c2ccccc2)/C=C(/c2ccccc2)CC1. The third-order valence-electron chi connectivity index (χ3n) is 12.8. The molecule has 0 fully saturated rings. The van der Waals surface area contributed by atoms with Crippen LogP contribution in [0, 0.1) is 0 Å². The van der Waals surface area contributed by atoms with Crippen molar-refractivity contribution in [2.45, 2.75) is 12.8 Å². The highest BCUT2D eigenvalue weighted by molar-refractivity contribution is 6.17. The summed E-state index contributed by atoms with van der Waals surface area (Å²) in [5.41, 5.74) is 18.5. The Morgan fingerprint density at radius 2 is 0.891 bits per heavy atom. The van der Waals surface area contributed by atoms with E-state index in [1.54, 1.807) is 0 Å². The second-order valence-corrected chi connectivity index (χ2v) is 16.6. The van der Waals surface area contributed by atoms with Gasteiger partial charge < -0.3 is 9.13 Å². The van der Waals surface area contributed by atoms with Crippen LogP contribution in [0.4, 0.5) is 0 Å². The molecular formula is C61H43N3. The minimum absolute atomic E-state index is 0.899. The predicted octanol–water partition coefficient (Wildman–Crippen LogP) is 15.9. The molecule has 0 amide bonds. The highest BCUT2D eigenvalue weighted by Gasteiger charge is 2.19. The molecule has 1 aliphatic heterocycles. The molecule has 64 heavy (non-hydrogen) atoms. The normalized spacial score (nSPS) is 14.0. The summed E-state index contributed by atoms with van der Waals surface area (Å²) in [4.78, 5) is 5.43. The zero-order valence-corrected chi connectivity index (χ0v) is 35.3. The van der Waals surface area contributed by atoms with Gasteiger partial charge >= 0.3 is 0 Å². The molecule has 0 saturated heterocycles. The average Bonchev–Trinajstić information content (AvgIpc) is 3.87. The van der Waals surface area contributed by atoms with Crippen LogP contribution < -0.4 is 0 Å². The third kappa shape index (κ3) is 6.58. The summed E-state index contributed by atoms with van der Waals surface area (Å²) in [5.74, 6) is 0. The van der Waals surface area contributed by atoms with E-state index < -0.39 is 0 Å². The van der Waals surface area contributed by atoms with Crippen molar-refractivity contribution < 1.29 is 0 Å². The van der Waals surface area contributed by atoms with Crippen LogP contribution in [0.15, 0.2) is 242 Å². The van der Waals surface area contributed by atoms with Crippen molar-refractivity contribution in [2.24, 2.45) is 4.99 Å². The van der Waals surface area contributed by atoms with Gasteiger partial charge in [0.25, 0.3) is 0 Å². The van der Waals surface area contributed by atoms with Crippen molar-refractivity contribution in [2.75, 3.05) is 0 Å². The molecule has 0 bridgehead atoms. The number of aromatic nitrogens is 2. The van der Waals surface area contributed by atoms with Crippen LogP contribution in [0.1, 0.15) is 29.5 Å². The standard InChI is InChI=1S/C61H43N3/c1-5-18-42(19-6-1)44-22-16-31-55(62-56(39-44)43-20-7-2-8-21-43)48-24-15-23-47(38-48)51-30-17-33-58-61(51)54-37-35-46(41-60(54)64(58)50-27-11-4-12-28-50)45-34-36-53-52-29-13-14-32-57(52)63(59(53)40-45)49-25-9-3-10-26-49/h1-15,17-21,23-41H,16,22H2/b44-39+,55-31?,62-56?. The Morgan fingerprint density at radius 3 is 1.61 bits per heavy atom. The molecule has 11 aromatic rings. The minimum Gasteiger partial charge on any atom is -0.309 e. The molecule has 3 nitrogen and oxygen atoms in total. The minimum atomic E-state index is 0.899. The van der Waals surface area contributed by atoms with Crippen LogP contribution in [0.5, 0.6) is 0 Å². The lowest BCUT2D eigenvalue weighted by atomic mass is 9.94. The van der Waals surface area contributed by atoms with Crippen molar-refractivity contribution >= 4 is 60.6 Å². The number of para-hydroxylation sites is 3. The van der Waals surface area contributed by atoms with Gasteiger partial charge in [0.05, 0.1) is 33.5 Å². The molecular weight excluding hydrogens is 775 g/mol. The average molecular weight is 818 g/mol. The Bertz CT molecular complexity index is 3630. The van der Waals surface area contributed by atoms with Crippen molar-refractivity contribution in [1.82, 2.24) is 9.13 Å². The van der Waals surface area contributed by atoms with Crippen molar-refractivity contribution in [1.29, 1.82) is 0 Å². The number of fused-ring (bicyclic) bond motifs is 6. The summed E-state index contributed by atoms with van der Waals surface area (Å²) in [5, 5.41) is 4.96. The van der Waals surface area contributed by atoms with E-state index in [0.29, 0.717) is 0 Å². The molecule has 0 radical (unpaired) electrons. The van der Waals surface area contributed by atoms with E-state index in [9.17, 15) is 0 Å². The van der Waals surface area contributed by atoms with Gasteiger partial charge in [0.1, 0.15) is 0 Å². The maximum Gasteiger partial charge on any atom is 0.0712 e. The molecule has 0 saturated carbocycles. The lowest BCUT2D eigenvalue weighted by Crippen LogP contribution is -2.02. The lowest BCUT2D eigenvalue weighted by Gasteiger charge is -2.15. The van der Waals surface area contributed by atoms with Gasteiger partial charge in [-0.3, -0.25) is 0 Å². The van der Waals surface area contributed by atoms with E-state index in [2.05, 4.69) is 246 Å². The molecule has 2 aromatic heterocycles. The Kier molecular flexibility index (Phi) is 9.31. The van der Waals surface area contributed by atoms with Gasteiger partial charge in [0, 0.05) is 44.0 Å². The third-order valence-corrected chi connectivity index (χ3v) is 12.8. The van der Waals surface area contributed by atoms with E-state index in [1.165, 1.54) is 77.0 Å². The monoisotopic (exact) mass is 817 g/mol. The molecule has 9 aromatic carbocycles. The maximum atomic E-state index is 5.43. The summed E-state index contributed by atoms with van der Waals surface area (Å²) in [6.07, 6.45) is 6.44. The Balaban J connectivity index is 1.01. The number of benzene rings is 9. The van der Waals surface area contributed by atoms with Gasteiger partial charge in [-0.15, -0.1) is 0 Å². The Morgan fingerprint density at radius 1 is 0.359 bits per heavy atom. The largest absolute Gasteiger partial charge is 0.309 e. The Labute approximate surface area is 372 Å². The fourth-order valence-electron chi connectivity index (χ4n) is 9.82. The van der Waals surface area contributed by atoms with Gasteiger partial charge in [-0.05, 0) is 107 Å². The molecule has 12 rings (SSSR count). The molecule has 0 aliphatic carbocycles. The van der Waals surface area contributed by atoms with Crippen LogP contribution in [-0.4, -0.2) is 14.8 Å². The van der Waals surface area contributed by atoms with Gasteiger partial charge in [0.2, 0.25) is 0 Å². The molecule has 3 heteroatoms. The molecule has 0 N–H and O–H groups in total. The number of allylic oxidation sites excluding steroid dienone is 3. The number of nitrogens with zero attached hydrogens (tertiary/aromatic N) is 3. The highest BCUT2D eigenvalue weighted by Crippen LogP contribution is 2.42. The maximum absolute atomic E-state index is 5.43. The van der Waals surface area contributed by atoms with E-state index in [-0.39, 0.29) is 0 Å². The zero-order chi connectivity index (χ0) is 42.4. The summed E-state index contributed by atoms with van der Waals surface area (Å²) in [7, 11) is 0. The number of hydrogen-bond donors (Lipinski definition) is 0. The van der Waals surface area contributed by atoms with Crippen LogP contribution in [0.3, 0.4) is 0 Å². The van der Waals surface area contributed by atoms with Crippen LogP contribution >= 0.6 is 0 Å². The molecule has 302 valence electrons. The van der Waals surface area contributed by atoms with E-state index in [0.717, 1.165) is 46.8 Å². The molecule has 0 unspecified atom stereocenters. The summed E-state index contributed by atoms with van der Waals surface area (Å²) < 4.78 is 4.83. The summed E-state index contributed by atoms with van der Waals surface area (Å²) in [6.45, 7) is 0. The molecule has 1 aliphatic rings. The van der Waals surface area contributed by atoms with E-state index in [4.69, 9.17) is 4.99 Å². The van der Waals surface area contributed by atoms with Crippen LogP contribution in [0.2, 0.25) is 0 Å². The quantitative estimate of drug-likeness (QED) is 0.153. The number of rotatable bonds is 7. The highest BCUT2D eigenvalue weighted by atomic mass is 15.0. The first-order valence-corrected chi connectivity index (χ1v) is 22.2. The second-order valence-electron chi connectivity index (χ2n) is 16.6. The van der Waals surface area contributed by atoms with Crippen LogP contribution in [-0.2, 0) is 0 Å². The zero-order valence-electron chi connectivity index (χ0n) is 35.3. The van der Waals surface area contributed by atoms with E-state index in [1.807, 2.05) is 0 Å². The summed E-state index contributed by atoms with van der Waals surface area (Å²) >= 11 is 0.